The lowest BCUT2D eigenvalue weighted by Gasteiger charge is -2.20. The molecule has 0 spiro atoms. The summed E-state index contributed by atoms with van der Waals surface area (Å²) in [4.78, 5) is 42.0. The van der Waals surface area contributed by atoms with E-state index in [4.69, 9.17) is 0 Å². The fourth-order valence-electron chi connectivity index (χ4n) is 4.35. The maximum Gasteiger partial charge on any atom is 0.287 e. The molecule has 0 fully saturated rings. The fourth-order valence-corrected chi connectivity index (χ4v) is 6.65. The van der Waals surface area contributed by atoms with Gasteiger partial charge in [-0.2, -0.15) is 0 Å². The van der Waals surface area contributed by atoms with Gasteiger partial charge in [0.15, 0.2) is 0 Å². The summed E-state index contributed by atoms with van der Waals surface area (Å²) in [6.07, 6.45) is 0. The maximum atomic E-state index is 14.7. The van der Waals surface area contributed by atoms with Crippen LogP contribution in [0.2, 0.25) is 0 Å². The van der Waals surface area contributed by atoms with E-state index in [9.17, 15) is 18.9 Å². The van der Waals surface area contributed by atoms with Gasteiger partial charge in [-0.3, -0.25) is 18.9 Å². The Morgan fingerprint density at radius 1 is 0.429 bits per heavy atom. The lowest BCUT2D eigenvalue weighted by Crippen LogP contribution is -2.21. The Kier molecular flexibility index (Phi) is 7.20. The number of hydrogen-bond acceptors (Lipinski definition) is 4. The summed E-state index contributed by atoms with van der Waals surface area (Å²) >= 11 is 0. The molecule has 0 aliphatic heterocycles. The summed E-state index contributed by atoms with van der Waals surface area (Å²) in [5, 5.41) is 0. The van der Waals surface area contributed by atoms with Crippen molar-refractivity contribution in [2.24, 2.45) is 0 Å². The van der Waals surface area contributed by atoms with Crippen molar-refractivity contribution in [2.75, 3.05) is 0 Å². The van der Waals surface area contributed by atoms with Crippen LogP contribution in [0.3, 0.4) is 0 Å². The third-order valence-corrected chi connectivity index (χ3v) is 10.2. The average molecular weight is 489 g/mol. The van der Waals surface area contributed by atoms with Crippen molar-refractivity contribution in [3.63, 3.8) is 0 Å². The Labute approximate surface area is 208 Å². The van der Waals surface area contributed by atoms with Gasteiger partial charge in [-0.1, -0.05) is 36.4 Å². The maximum absolute atomic E-state index is 14.7. The number of carbonyl (C=O) groups excluding carboxylic acids is 3. The highest BCUT2D eigenvalue weighted by molar-refractivity contribution is 8.07. The van der Waals surface area contributed by atoms with E-state index in [0.29, 0.717) is 16.7 Å². The standard InChI is InChI=1S/C30H33O4P/c1-16-10-13-25(22(7)19(16)4)28(31)35(34,29(32)26-14-11-17(2)20(5)23(26)8)30(33)27-15-12-18(3)21(6)24(27)9/h10-15H,1-9H3. The molecule has 0 amide bonds. The van der Waals surface area contributed by atoms with E-state index in [1.807, 2.05) is 41.5 Å². The summed E-state index contributed by atoms with van der Waals surface area (Å²) < 4.78 is 14.7. The highest BCUT2D eigenvalue weighted by Crippen LogP contribution is 2.56. The lowest BCUT2D eigenvalue weighted by molar-refractivity contribution is 0.100. The summed E-state index contributed by atoms with van der Waals surface area (Å²) in [5.41, 5.74) is 5.17. The van der Waals surface area contributed by atoms with E-state index in [0.717, 1.165) is 33.4 Å². The zero-order valence-electron chi connectivity index (χ0n) is 22.0. The van der Waals surface area contributed by atoms with Crippen LogP contribution in [-0.2, 0) is 4.57 Å². The zero-order valence-corrected chi connectivity index (χ0v) is 22.9. The minimum atomic E-state index is -4.76. The molecule has 0 aliphatic carbocycles. The molecule has 0 unspecified atom stereocenters. The Morgan fingerprint density at radius 3 is 0.886 bits per heavy atom. The third-order valence-electron chi connectivity index (χ3n) is 7.72. The molecule has 4 nitrogen and oxygen atoms in total. The predicted molar refractivity (Wildman–Crippen MR) is 143 cm³/mol. The first-order chi connectivity index (χ1) is 16.2. The number of hydrogen-bond donors (Lipinski definition) is 0. The van der Waals surface area contributed by atoms with Crippen LogP contribution >= 0.6 is 7.14 Å². The Hall–Kier alpha value is -3.10. The van der Waals surface area contributed by atoms with E-state index in [-0.39, 0.29) is 16.7 Å². The van der Waals surface area contributed by atoms with Crippen LogP contribution in [-0.4, -0.2) is 16.6 Å². The zero-order chi connectivity index (χ0) is 26.4. The summed E-state index contributed by atoms with van der Waals surface area (Å²) in [5.74, 6) is 0. The van der Waals surface area contributed by atoms with Crippen molar-refractivity contribution in [3.05, 3.63) is 103 Å². The molecule has 0 bridgehead atoms. The van der Waals surface area contributed by atoms with Crippen LogP contribution in [0.4, 0.5) is 0 Å². The second kappa shape index (κ2) is 9.51. The molecule has 0 atom stereocenters. The van der Waals surface area contributed by atoms with Crippen molar-refractivity contribution in [1.82, 2.24) is 0 Å². The molecule has 0 radical (unpaired) electrons. The topological polar surface area (TPSA) is 68.3 Å². The van der Waals surface area contributed by atoms with Crippen molar-refractivity contribution < 1.29 is 18.9 Å². The van der Waals surface area contributed by atoms with Crippen molar-refractivity contribution in [3.8, 4) is 0 Å². The molecule has 182 valence electrons. The third kappa shape index (κ3) is 4.25. The van der Waals surface area contributed by atoms with Gasteiger partial charge in [0.1, 0.15) is 0 Å². The van der Waals surface area contributed by atoms with Gasteiger partial charge in [0.05, 0.1) is 0 Å². The van der Waals surface area contributed by atoms with Crippen molar-refractivity contribution >= 4 is 23.7 Å². The lowest BCUT2D eigenvalue weighted by atomic mass is 9.99. The van der Waals surface area contributed by atoms with E-state index in [2.05, 4.69) is 0 Å². The number of rotatable bonds is 6. The van der Waals surface area contributed by atoms with Gasteiger partial charge in [-0.15, -0.1) is 0 Å². The summed E-state index contributed by atoms with van der Waals surface area (Å²) in [6, 6.07) is 10.0. The number of aryl methyl sites for hydroxylation is 3. The minimum Gasteiger partial charge on any atom is -0.298 e. The largest absolute Gasteiger partial charge is 0.298 e. The first kappa shape index (κ1) is 26.5. The average Bonchev–Trinajstić information content (AvgIpc) is 2.83. The molecule has 0 N–H and O–H groups in total. The van der Waals surface area contributed by atoms with E-state index >= 15 is 0 Å². The molecule has 3 rings (SSSR count). The highest BCUT2D eigenvalue weighted by Gasteiger charge is 2.49. The smallest absolute Gasteiger partial charge is 0.287 e. The van der Waals surface area contributed by atoms with Crippen LogP contribution in [0.5, 0.6) is 0 Å². The first-order valence-corrected chi connectivity index (χ1v) is 13.4. The number of carbonyl (C=O) groups is 3. The van der Waals surface area contributed by atoms with Gasteiger partial charge in [-0.25, -0.2) is 0 Å². The molecular weight excluding hydrogens is 455 g/mol. The molecule has 5 heteroatoms. The fraction of sp³-hybridized carbons (Fsp3) is 0.300. The Balaban J connectivity index is 2.34. The van der Waals surface area contributed by atoms with Gasteiger partial charge >= 0.3 is 0 Å². The molecule has 0 saturated carbocycles. The first-order valence-electron chi connectivity index (χ1n) is 11.7. The second-order valence-corrected chi connectivity index (χ2v) is 12.0. The van der Waals surface area contributed by atoms with Gasteiger partial charge in [0.2, 0.25) is 16.6 Å². The predicted octanol–water partition coefficient (Wildman–Crippen LogP) is 7.65. The van der Waals surface area contributed by atoms with Crippen LogP contribution in [0, 0.1) is 62.3 Å². The van der Waals surface area contributed by atoms with Crippen molar-refractivity contribution in [1.29, 1.82) is 0 Å². The summed E-state index contributed by atoms with van der Waals surface area (Å²) in [6.45, 7) is 16.7. The van der Waals surface area contributed by atoms with Gasteiger partial charge in [0.25, 0.3) is 7.14 Å². The molecular formula is C30H33O4P. The van der Waals surface area contributed by atoms with E-state index in [1.165, 1.54) is 0 Å². The molecule has 0 aromatic heterocycles. The SMILES string of the molecule is Cc1ccc(C(=O)P(=O)(C(=O)c2ccc(C)c(C)c2C)C(=O)c2ccc(C)c(C)c2C)c(C)c1C. The van der Waals surface area contributed by atoms with Gasteiger partial charge in [-0.05, 0) is 112 Å². The quantitative estimate of drug-likeness (QED) is 0.334. The van der Waals surface area contributed by atoms with Crippen LogP contribution < -0.4 is 0 Å². The molecule has 0 aliphatic rings. The van der Waals surface area contributed by atoms with Crippen LogP contribution in [0.1, 0.15) is 81.1 Å². The van der Waals surface area contributed by atoms with Gasteiger partial charge < -0.3 is 0 Å². The van der Waals surface area contributed by atoms with E-state index in [1.54, 1.807) is 57.2 Å². The van der Waals surface area contributed by atoms with Crippen LogP contribution in [0.15, 0.2) is 36.4 Å². The Bertz CT molecular complexity index is 1290. The summed E-state index contributed by atoms with van der Waals surface area (Å²) in [7, 11) is -4.76. The molecule has 3 aromatic rings. The van der Waals surface area contributed by atoms with Crippen molar-refractivity contribution in [2.45, 2.75) is 62.3 Å². The minimum absolute atomic E-state index is 0.154. The highest BCUT2D eigenvalue weighted by atomic mass is 31.2. The molecule has 35 heavy (non-hydrogen) atoms. The van der Waals surface area contributed by atoms with Crippen LogP contribution in [0.25, 0.3) is 0 Å². The monoisotopic (exact) mass is 488 g/mol. The van der Waals surface area contributed by atoms with Gasteiger partial charge in [0, 0.05) is 16.7 Å². The van der Waals surface area contributed by atoms with E-state index < -0.39 is 23.7 Å². The number of benzene rings is 3. The molecule has 0 saturated heterocycles. The normalized spacial score (nSPS) is 11.5. The Morgan fingerprint density at radius 2 is 0.657 bits per heavy atom. The molecule has 0 heterocycles. The molecule has 3 aromatic carbocycles. The second-order valence-electron chi connectivity index (χ2n) is 9.56.